The van der Waals surface area contributed by atoms with Crippen molar-refractivity contribution in [2.24, 2.45) is 0 Å². The van der Waals surface area contributed by atoms with Crippen LogP contribution in [-0.4, -0.2) is 42.3 Å². The highest BCUT2D eigenvalue weighted by Gasteiger charge is 2.26. The zero-order chi connectivity index (χ0) is 12.3. The summed E-state index contributed by atoms with van der Waals surface area (Å²) < 4.78 is 26.2. The summed E-state index contributed by atoms with van der Waals surface area (Å²) >= 11 is 7.46. The molecule has 1 aliphatic heterocycles. The van der Waals surface area contributed by atoms with Gasteiger partial charge in [-0.05, 0) is 18.2 Å². The Labute approximate surface area is 111 Å². The Morgan fingerprint density at radius 2 is 2.24 bits per heavy atom. The number of halogens is 1. The van der Waals surface area contributed by atoms with E-state index in [1.807, 2.05) is 0 Å². The van der Waals surface area contributed by atoms with Gasteiger partial charge in [0.1, 0.15) is 0 Å². The molecule has 1 N–H and O–H groups in total. The number of thioether (sulfide) groups is 1. The van der Waals surface area contributed by atoms with Gasteiger partial charge in [0.05, 0.1) is 10.8 Å². The second-order valence-corrected chi connectivity index (χ2v) is 7.29. The molecule has 0 amide bonds. The summed E-state index contributed by atoms with van der Waals surface area (Å²) in [6.45, 7) is 1.20. The SMILES string of the molecule is O=S(=O)(c1c[nH]c(CCl)c1)N1CCCSCC1. The van der Waals surface area contributed by atoms with Crippen LogP contribution in [0.2, 0.25) is 0 Å². The maximum Gasteiger partial charge on any atom is 0.244 e. The second-order valence-electron chi connectivity index (χ2n) is 3.86. The first-order valence-corrected chi connectivity index (χ1v) is 8.58. The lowest BCUT2D eigenvalue weighted by atomic mass is 10.5. The fourth-order valence-electron chi connectivity index (χ4n) is 1.76. The van der Waals surface area contributed by atoms with Gasteiger partial charge in [-0.2, -0.15) is 16.1 Å². The molecular formula is C10H15ClN2O2S2. The molecule has 0 aromatic carbocycles. The number of nitrogens with one attached hydrogen (secondary N) is 1. The summed E-state index contributed by atoms with van der Waals surface area (Å²) in [5.74, 6) is 2.20. The van der Waals surface area contributed by atoms with E-state index < -0.39 is 10.0 Å². The van der Waals surface area contributed by atoms with Crippen molar-refractivity contribution in [3.8, 4) is 0 Å². The summed E-state index contributed by atoms with van der Waals surface area (Å²) in [5.41, 5.74) is 0.731. The van der Waals surface area contributed by atoms with Gasteiger partial charge in [0.25, 0.3) is 0 Å². The van der Waals surface area contributed by atoms with Crippen LogP contribution in [0.3, 0.4) is 0 Å². The molecular weight excluding hydrogens is 280 g/mol. The molecule has 1 saturated heterocycles. The van der Waals surface area contributed by atoms with Crippen LogP contribution in [0.1, 0.15) is 12.1 Å². The standard InChI is InChI=1S/C10H15ClN2O2S2/c11-7-9-6-10(8-12-9)17(14,15)13-2-1-4-16-5-3-13/h6,8,12H,1-5,7H2. The summed E-state index contributed by atoms with van der Waals surface area (Å²) in [6, 6.07) is 1.61. The molecule has 0 saturated carbocycles. The first kappa shape index (κ1) is 13.3. The third-order valence-electron chi connectivity index (χ3n) is 2.68. The lowest BCUT2D eigenvalue weighted by molar-refractivity contribution is 0.435. The van der Waals surface area contributed by atoms with Crippen LogP contribution in [0.15, 0.2) is 17.2 Å². The summed E-state index contributed by atoms with van der Waals surface area (Å²) in [7, 11) is -3.34. The van der Waals surface area contributed by atoms with Crippen LogP contribution in [0, 0.1) is 0 Å². The zero-order valence-electron chi connectivity index (χ0n) is 9.36. The maximum atomic E-state index is 12.3. The molecule has 0 aliphatic carbocycles. The zero-order valence-corrected chi connectivity index (χ0v) is 11.7. The number of alkyl halides is 1. The van der Waals surface area contributed by atoms with Crippen LogP contribution in [-0.2, 0) is 15.9 Å². The Morgan fingerprint density at radius 3 is 2.94 bits per heavy atom. The molecule has 1 aromatic rings. The minimum atomic E-state index is -3.34. The van der Waals surface area contributed by atoms with E-state index in [1.54, 1.807) is 22.1 Å². The minimum Gasteiger partial charge on any atom is -0.363 e. The van der Waals surface area contributed by atoms with E-state index in [0.717, 1.165) is 23.6 Å². The highest BCUT2D eigenvalue weighted by atomic mass is 35.5. The number of nitrogens with zero attached hydrogens (tertiary/aromatic N) is 1. The van der Waals surface area contributed by atoms with Gasteiger partial charge >= 0.3 is 0 Å². The van der Waals surface area contributed by atoms with E-state index in [2.05, 4.69) is 4.98 Å². The first-order valence-electron chi connectivity index (χ1n) is 5.46. The molecule has 1 aromatic heterocycles. The molecule has 17 heavy (non-hydrogen) atoms. The predicted octanol–water partition coefficient (Wildman–Crippen LogP) is 1.88. The smallest absolute Gasteiger partial charge is 0.244 e. The number of hydrogen-bond acceptors (Lipinski definition) is 3. The van der Waals surface area contributed by atoms with Crippen molar-refractivity contribution in [3.05, 3.63) is 18.0 Å². The molecule has 1 fully saturated rings. The van der Waals surface area contributed by atoms with Crippen molar-refractivity contribution in [1.29, 1.82) is 0 Å². The topological polar surface area (TPSA) is 53.2 Å². The van der Waals surface area contributed by atoms with Crippen molar-refractivity contribution in [2.75, 3.05) is 24.6 Å². The Kier molecular flexibility index (Phi) is 4.41. The molecule has 0 spiro atoms. The normalized spacial score (nSPS) is 19.1. The molecule has 0 atom stereocenters. The minimum absolute atomic E-state index is 0.297. The lowest BCUT2D eigenvalue weighted by Gasteiger charge is -2.18. The number of hydrogen-bond donors (Lipinski definition) is 1. The van der Waals surface area contributed by atoms with E-state index in [9.17, 15) is 8.42 Å². The summed E-state index contributed by atoms with van der Waals surface area (Å²) in [4.78, 5) is 3.19. The summed E-state index contributed by atoms with van der Waals surface area (Å²) in [6.07, 6.45) is 2.43. The predicted molar refractivity (Wildman–Crippen MR) is 71.1 cm³/mol. The van der Waals surface area contributed by atoms with Crippen molar-refractivity contribution >= 4 is 33.4 Å². The third kappa shape index (κ3) is 2.99. The van der Waals surface area contributed by atoms with Gasteiger partial charge in [0, 0.05) is 30.7 Å². The van der Waals surface area contributed by atoms with Crippen LogP contribution in [0.25, 0.3) is 0 Å². The van der Waals surface area contributed by atoms with Crippen LogP contribution < -0.4 is 0 Å². The Bertz CT molecular complexity index is 464. The number of aromatic amines is 1. The largest absolute Gasteiger partial charge is 0.363 e. The van der Waals surface area contributed by atoms with Crippen LogP contribution in [0.5, 0.6) is 0 Å². The number of sulfonamides is 1. The van der Waals surface area contributed by atoms with Gasteiger partial charge in [-0.25, -0.2) is 8.42 Å². The van der Waals surface area contributed by atoms with E-state index in [0.29, 0.717) is 23.9 Å². The molecule has 4 nitrogen and oxygen atoms in total. The van der Waals surface area contributed by atoms with E-state index in [4.69, 9.17) is 11.6 Å². The molecule has 0 unspecified atom stereocenters. The Morgan fingerprint density at radius 1 is 1.41 bits per heavy atom. The van der Waals surface area contributed by atoms with Gasteiger partial charge in [-0.1, -0.05) is 0 Å². The summed E-state index contributed by atoms with van der Waals surface area (Å²) in [5, 5.41) is 0. The molecule has 7 heteroatoms. The van der Waals surface area contributed by atoms with Gasteiger partial charge in [-0.15, -0.1) is 11.6 Å². The number of rotatable bonds is 3. The van der Waals surface area contributed by atoms with E-state index >= 15 is 0 Å². The molecule has 0 bridgehead atoms. The quantitative estimate of drug-likeness (QED) is 0.866. The molecule has 2 rings (SSSR count). The van der Waals surface area contributed by atoms with Gasteiger partial charge < -0.3 is 4.98 Å². The van der Waals surface area contributed by atoms with Gasteiger partial charge in [0.2, 0.25) is 10.0 Å². The lowest BCUT2D eigenvalue weighted by Crippen LogP contribution is -2.32. The highest BCUT2D eigenvalue weighted by molar-refractivity contribution is 7.99. The first-order chi connectivity index (χ1) is 8.14. The maximum absolute atomic E-state index is 12.3. The van der Waals surface area contributed by atoms with Crippen molar-refractivity contribution in [2.45, 2.75) is 17.2 Å². The van der Waals surface area contributed by atoms with Gasteiger partial charge in [0.15, 0.2) is 0 Å². The van der Waals surface area contributed by atoms with E-state index in [-0.39, 0.29) is 0 Å². The molecule has 2 heterocycles. The Hall–Kier alpha value is -0.170. The third-order valence-corrected chi connectivity index (χ3v) is 5.89. The Balaban J connectivity index is 2.22. The van der Waals surface area contributed by atoms with Gasteiger partial charge in [-0.3, -0.25) is 0 Å². The van der Waals surface area contributed by atoms with Crippen LogP contribution in [0.4, 0.5) is 0 Å². The van der Waals surface area contributed by atoms with Crippen molar-refractivity contribution in [1.82, 2.24) is 9.29 Å². The molecule has 0 radical (unpaired) electrons. The average Bonchev–Trinajstić information content (AvgIpc) is 2.64. The average molecular weight is 295 g/mol. The fourth-order valence-corrected chi connectivity index (χ4v) is 4.41. The van der Waals surface area contributed by atoms with Crippen molar-refractivity contribution in [3.63, 3.8) is 0 Å². The molecule has 96 valence electrons. The monoisotopic (exact) mass is 294 g/mol. The number of aromatic nitrogens is 1. The van der Waals surface area contributed by atoms with Crippen molar-refractivity contribution < 1.29 is 8.42 Å². The highest BCUT2D eigenvalue weighted by Crippen LogP contribution is 2.20. The van der Waals surface area contributed by atoms with Crippen LogP contribution >= 0.6 is 23.4 Å². The second kappa shape index (κ2) is 5.65. The number of H-pyrrole nitrogens is 1. The molecule has 1 aliphatic rings. The van der Waals surface area contributed by atoms with E-state index in [1.165, 1.54) is 6.20 Å². The fraction of sp³-hybridized carbons (Fsp3) is 0.600.